The Morgan fingerprint density at radius 3 is 2.62 bits per heavy atom. The van der Waals surface area contributed by atoms with Crippen LogP contribution in [-0.4, -0.2) is 11.7 Å². The molecule has 21 heavy (non-hydrogen) atoms. The molecule has 1 saturated heterocycles. The summed E-state index contributed by atoms with van der Waals surface area (Å²) in [7, 11) is 0. The normalized spacial score (nSPS) is 18.3. The molecule has 0 N–H and O–H groups in total. The van der Waals surface area contributed by atoms with Crippen LogP contribution < -0.4 is 4.90 Å². The van der Waals surface area contributed by atoms with E-state index in [1.807, 2.05) is 0 Å². The summed E-state index contributed by atoms with van der Waals surface area (Å²) in [5.74, 6) is -0.0967. The second-order valence-corrected chi connectivity index (χ2v) is 6.43. The number of halogens is 3. The van der Waals surface area contributed by atoms with Crippen LogP contribution in [-0.2, 0) is 4.79 Å². The predicted octanol–water partition coefficient (Wildman–Crippen LogP) is 4.91. The standard InChI is InChI=1S/C15H10Cl2FNOS/c16-11-6-5-9(7-12(11)17)19-14(20)8-21-15(19)10-3-1-2-4-13(10)18/h1-7,15H,8H2. The van der Waals surface area contributed by atoms with Crippen molar-refractivity contribution >= 4 is 46.6 Å². The van der Waals surface area contributed by atoms with Crippen LogP contribution in [0.4, 0.5) is 10.1 Å². The van der Waals surface area contributed by atoms with Gasteiger partial charge in [-0.3, -0.25) is 9.69 Å². The molecule has 1 unspecified atom stereocenters. The molecule has 1 heterocycles. The first kappa shape index (κ1) is 14.7. The highest BCUT2D eigenvalue weighted by atomic mass is 35.5. The summed E-state index contributed by atoms with van der Waals surface area (Å²) in [4.78, 5) is 13.7. The Hall–Kier alpha value is -1.23. The average molecular weight is 342 g/mol. The minimum absolute atomic E-state index is 0.0772. The minimum atomic E-state index is -0.393. The fourth-order valence-electron chi connectivity index (χ4n) is 2.24. The molecule has 0 bridgehead atoms. The van der Waals surface area contributed by atoms with E-state index in [2.05, 4.69) is 0 Å². The van der Waals surface area contributed by atoms with E-state index in [9.17, 15) is 9.18 Å². The SMILES string of the molecule is O=C1CSC(c2ccccc2F)N1c1ccc(Cl)c(Cl)c1. The van der Waals surface area contributed by atoms with Crippen molar-refractivity contribution in [1.82, 2.24) is 0 Å². The number of hydrogen-bond acceptors (Lipinski definition) is 2. The number of hydrogen-bond donors (Lipinski definition) is 0. The number of benzene rings is 2. The van der Waals surface area contributed by atoms with Crippen molar-refractivity contribution < 1.29 is 9.18 Å². The molecule has 1 amide bonds. The fraction of sp³-hybridized carbons (Fsp3) is 0.133. The first-order valence-corrected chi connectivity index (χ1v) is 8.01. The third-order valence-electron chi connectivity index (χ3n) is 3.22. The first-order valence-electron chi connectivity index (χ1n) is 6.21. The van der Waals surface area contributed by atoms with Gasteiger partial charge < -0.3 is 0 Å². The third-order valence-corrected chi connectivity index (χ3v) is 5.15. The van der Waals surface area contributed by atoms with Crippen molar-refractivity contribution in [2.45, 2.75) is 5.37 Å². The highest BCUT2D eigenvalue weighted by Gasteiger charge is 2.35. The van der Waals surface area contributed by atoms with Crippen LogP contribution in [0.1, 0.15) is 10.9 Å². The molecule has 2 aromatic rings. The van der Waals surface area contributed by atoms with Crippen LogP contribution in [0, 0.1) is 5.82 Å². The summed E-state index contributed by atoms with van der Waals surface area (Å²) in [6, 6.07) is 11.4. The largest absolute Gasteiger partial charge is 0.295 e. The Morgan fingerprint density at radius 1 is 1.14 bits per heavy atom. The van der Waals surface area contributed by atoms with E-state index in [4.69, 9.17) is 23.2 Å². The van der Waals surface area contributed by atoms with Crippen LogP contribution >= 0.6 is 35.0 Å². The van der Waals surface area contributed by atoms with E-state index in [1.54, 1.807) is 41.3 Å². The third kappa shape index (κ3) is 2.76. The number of rotatable bonds is 2. The molecule has 3 rings (SSSR count). The number of nitrogens with zero attached hydrogens (tertiary/aromatic N) is 1. The summed E-state index contributed by atoms with van der Waals surface area (Å²) >= 11 is 13.3. The second-order valence-electron chi connectivity index (χ2n) is 4.55. The van der Waals surface area contributed by atoms with E-state index in [-0.39, 0.29) is 11.7 Å². The zero-order valence-electron chi connectivity index (χ0n) is 10.7. The van der Waals surface area contributed by atoms with E-state index in [1.165, 1.54) is 17.8 Å². The van der Waals surface area contributed by atoms with Gasteiger partial charge in [0.15, 0.2) is 0 Å². The first-order chi connectivity index (χ1) is 10.1. The lowest BCUT2D eigenvalue weighted by Gasteiger charge is -2.25. The molecule has 1 aliphatic rings. The zero-order chi connectivity index (χ0) is 15.0. The zero-order valence-corrected chi connectivity index (χ0v) is 13.1. The summed E-state index contributed by atoms with van der Waals surface area (Å²) in [5.41, 5.74) is 1.10. The Balaban J connectivity index is 2.04. The number of carbonyl (C=O) groups excluding carboxylic acids is 1. The quantitative estimate of drug-likeness (QED) is 0.773. The molecule has 2 aromatic carbocycles. The lowest BCUT2D eigenvalue weighted by Crippen LogP contribution is -2.28. The number of amides is 1. The average Bonchev–Trinajstić information content (AvgIpc) is 2.84. The smallest absolute Gasteiger partial charge is 0.238 e. The van der Waals surface area contributed by atoms with Gasteiger partial charge in [-0.25, -0.2) is 4.39 Å². The molecule has 0 radical (unpaired) electrons. The van der Waals surface area contributed by atoms with Crippen molar-refractivity contribution in [1.29, 1.82) is 0 Å². The number of thioether (sulfide) groups is 1. The lowest BCUT2D eigenvalue weighted by molar-refractivity contribution is -0.115. The van der Waals surface area contributed by atoms with Crippen LogP contribution in [0.5, 0.6) is 0 Å². The van der Waals surface area contributed by atoms with E-state index in [0.717, 1.165) is 0 Å². The van der Waals surface area contributed by atoms with E-state index >= 15 is 0 Å². The summed E-state index contributed by atoms with van der Waals surface area (Å²) < 4.78 is 14.0. The number of carbonyl (C=O) groups is 1. The van der Waals surface area contributed by atoms with Crippen molar-refractivity contribution in [3.63, 3.8) is 0 Å². The predicted molar refractivity (Wildman–Crippen MR) is 85.5 cm³/mol. The maximum absolute atomic E-state index is 14.0. The van der Waals surface area contributed by atoms with Gasteiger partial charge in [0.1, 0.15) is 11.2 Å². The summed E-state index contributed by atoms with van der Waals surface area (Å²) in [6.07, 6.45) is 0. The highest BCUT2D eigenvalue weighted by Crippen LogP contribution is 2.43. The van der Waals surface area contributed by atoms with E-state index in [0.29, 0.717) is 27.0 Å². The molecule has 1 atom stereocenters. The van der Waals surface area contributed by atoms with Crippen LogP contribution in [0.3, 0.4) is 0 Å². The molecule has 6 heteroatoms. The molecule has 2 nitrogen and oxygen atoms in total. The van der Waals surface area contributed by atoms with Crippen LogP contribution in [0.2, 0.25) is 10.0 Å². The maximum atomic E-state index is 14.0. The Kier molecular flexibility index (Phi) is 4.11. The highest BCUT2D eigenvalue weighted by molar-refractivity contribution is 8.00. The maximum Gasteiger partial charge on any atom is 0.238 e. The van der Waals surface area contributed by atoms with Crippen molar-refractivity contribution in [2.24, 2.45) is 0 Å². The monoisotopic (exact) mass is 341 g/mol. The molecule has 0 saturated carbocycles. The van der Waals surface area contributed by atoms with Crippen molar-refractivity contribution in [3.05, 3.63) is 63.9 Å². The minimum Gasteiger partial charge on any atom is -0.295 e. The topological polar surface area (TPSA) is 20.3 Å². The van der Waals surface area contributed by atoms with Gasteiger partial charge in [-0.05, 0) is 24.3 Å². The van der Waals surface area contributed by atoms with Crippen molar-refractivity contribution in [2.75, 3.05) is 10.7 Å². The van der Waals surface area contributed by atoms with Crippen LogP contribution in [0.25, 0.3) is 0 Å². The van der Waals surface area contributed by atoms with Gasteiger partial charge in [0.05, 0.1) is 15.8 Å². The van der Waals surface area contributed by atoms with Gasteiger partial charge in [-0.2, -0.15) is 0 Å². The Labute approximate surface area is 135 Å². The molecule has 108 valence electrons. The summed E-state index contributed by atoms with van der Waals surface area (Å²) in [5, 5.41) is 0.393. The van der Waals surface area contributed by atoms with Gasteiger partial charge in [0.2, 0.25) is 5.91 Å². The molecule has 0 aromatic heterocycles. The van der Waals surface area contributed by atoms with Crippen LogP contribution in [0.15, 0.2) is 42.5 Å². The molecule has 1 aliphatic heterocycles. The number of anilines is 1. The molecule has 1 fully saturated rings. The molecule has 0 aliphatic carbocycles. The lowest BCUT2D eigenvalue weighted by atomic mass is 10.1. The summed E-state index contributed by atoms with van der Waals surface area (Å²) in [6.45, 7) is 0. The van der Waals surface area contributed by atoms with Gasteiger partial charge in [-0.1, -0.05) is 41.4 Å². The van der Waals surface area contributed by atoms with Crippen molar-refractivity contribution in [3.8, 4) is 0 Å². The molecular formula is C15H10Cl2FNOS. The molecule has 0 spiro atoms. The van der Waals surface area contributed by atoms with Gasteiger partial charge in [0, 0.05) is 11.3 Å². The van der Waals surface area contributed by atoms with Gasteiger partial charge in [-0.15, -0.1) is 11.8 Å². The molecular weight excluding hydrogens is 332 g/mol. The second kappa shape index (κ2) is 5.87. The van der Waals surface area contributed by atoms with Gasteiger partial charge in [0.25, 0.3) is 0 Å². The Bertz CT molecular complexity index is 710. The van der Waals surface area contributed by atoms with E-state index < -0.39 is 5.37 Å². The fourth-order valence-corrected chi connectivity index (χ4v) is 3.73. The Morgan fingerprint density at radius 2 is 1.90 bits per heavy atom. The van der Waals surface area contributed by atoms with Gasteiger partial charge >= 0.3 is 0 Å².